The van der Waals surface area contributed by atoms with Crippen molar-refractivity contribution in [3.8, 4) is 0 Å². The molecule has 0 saturated carbocycles. The standard InChI is InChI=1S/C21H20ClOP/c22-21(24,18-14-8-3-9-15-18)20(23)19(16-10-4-1-5-11-16)17-12-6-2-7-13-17/h1-15,19H,24H4. The molecule has 0 N–H and O–H groups in total. The first-order valence-corrected chi connectivity index (χ1v) is 9.37. The van der Waals surface area contributed by atoms with Crippen molar-refractivity contribution in [2.24, 2.45) is 0 Å². The normalized spacial score (nSPS) is 13.5. The molecular weight excluding hydrogens is 335 g/mol. The van der Waals surface area contributed by atoms with E-state index in [2.05, 4.69) is 0 Å². The summed E-state index contributed by atoms with van der Waals surface area (Å²) < 4.78 is -0.947. The Balaban J connectivity index is 2.08. The fourth-order valence-electron chi connectivity index (χ4n) is 2.95. The monoisotopic (exact) mass is 354 g/mol. The fourth-order valence-corrected chi connectivity index (χ4v) is 3.81. The average Bonchev–Trinajstić information content (AvgIpc) is 2.64. The van der Waals surface area contributed by atoms with E-state index < -0.39 is 4.62 Å². The molecule has 3 aromatic carbocycles. The molecule has 1 nitrogen and oxygen atoms in total. The molecule has 0 aliphatic carbocycles. The molecule has 0 bridgehead atoms. The molecule has 0 aliphatic heterocycles. The summed E-state index contributed by atoms with van der Waals surface area (Å²) in [5.41, 5.74) is 2.83. The molecule has 3 heteroatoms. The summed E-state index contributed by atoms with van der Waals surface area (Å²) in [4.78, 5) is 13.5. The number of benzene rings is 3. The first-order valence-electron chi connectivity index (χ1n) is 7.99. The van der Waals surface area contributed by atoms with Crippen molar-refractivity contribution in [3.05, 3.63) is 108 Å². The Bertz CT molecular complexity index is 762. The molecule has 0 saturated heterocycles. The molecule has 3 rings (SSSR count). The van der Waals surface area contributed by atoms with Crippen LogP contribution < -0.4 is 0 Å². The third-order valence-corrected chi connectivity index (χ3v) is 5.78. The van der Waals surface area contributed by atoms with Crippen LogP contribution in [-0.4, -0.2) is 5.78 Å². The van der Waals surface area contributed by atoms with E-state index in [-0.39, 0.29) is 11.7 Å². The maximum atomic E-state index is 13.5. The maximum absolute atomic E-state index is 13.5. The average molecular weight is 355 g/mol. The minimum atomic E-state index is -0.947. The van der Waals surface area contributed by atoms with Crippen molar-refractivity contribution in [2.45, 2.75) is 10.5 Å². The van der Waals surface area contributed by atoms with Crippen LogP contribution in [0.2, 0.25) is 0 Å². The van der Waals surface area contributed by atoms with Gasteiger partial charge in [0.05, 0.1) is 0 Å². The van der Waals surface area contributed by atoms with Gasteiger partial charge in [0.25, 0.3) is 0 Å². The van der Waals surface area contributed by atoms with Crippen LogP contribution in [0.5, 0.6) is 0 Å². The number of hydrogen-bond acceptors (Lipinski definition) is 1. The second kappa shape index (κ2) is 7.30. The zero-order chi connectivity index (χ0) is 17.0. The van der Waals surface area contributed by atoms with Gasteiger partial charge in [-0.25, -0.2) is 0 Å². The van der Waals surface area contributed by atoms with Crippen LogP contribution in [0.1, 0.15) is 22.6 Å². The van der Waals surface area contributed by atoms with Crippen molar-refractivity contribution in [3.63, 3.8) is 0 Å². The molecule has 0 amide bonds. The van der Waals surface area contributed by atoms with Gasteiger partial charge >= 0.3 is 150 Å². The SMILES string of the molecule is O=C(C(c1ccccc1)c1ccccc1)C([PH4])(Cl)c1ccccc1. The molecule has 0 aromatic heterocycles. The molecule has 24 heavy (non-hydrogen) atoms. The van der Waals surface area contributed by atoms with Crippen molar-refractivity contribution in [2.75, 3.05) is 0 Å². The van der Waals surface area contributed by atoms with Gasteiger partial charge in [-0.2, -0.15) is 0 Å². The van der Waals surface area contributed by atoms with E-state index in [4.69, 9.17) is 11.6 Å². The Morgan fingerprint density at radius 1 is 0.750 bits per heavy atom. The predicted octanol–water partition coefficient (Wildman–Crippen LogP) is 4.82. The van der Waals surface area contributed by atoms with Gasteiger partial charge in [0.1, 0.15) is 0 Å². The molecule has 3 aromatic rings. The zero-order valence-electron chi connectivity index (χ0n) is 13.5. The molecule has 0 fully saturated rings. The van der Waals surface area contributed by atoms with Crippen molar-refractivity contribution in [1.29, 1.82) is 0 Å². The van der Waals surface area contributed by atoms with Gasteiger partial charge in [-0.15, -0.1) is 0 Å². The van der Waals surface area contributed by atoms with Gasteiger partial charge in [0.15, 0.2) is 0 Å². The van der Waals surface area contributed by atoms with Crippen LogP contribution in [0.3, 0.4) is 0 Å². The van der Waals surface area contributed by atoms with Gasteiger partial charge in [-0.1, -0.05) is 0 Å². The molecule has 0 spiro atoms. The topological polar surface area (TPSA) is 17.1 Å². The number of ketones is 1. The summed E-state index contributed by atoms with van der Waals surface area (Å²) in [6.45, 7) is 0. The first kappa shape index (κ1) is 16.9. The van der Waals surface area contributed by atoms with Gasteiger partial charge in [-0.3, -0.25) is 0 Å². The van der Waals surface area contributed by atoms with Crippen LogP contribution in [-0.2, 0) is 9.41 Å². The number of carbonyl (C=O) groups is 1. The van der Waals surface area contributed by atoms with E-state index in [0.717, 1.165) is 16.7 Å². The Morgan fingerprint density at radius 2 is 1.12 bits per heavy atom. The summed E-state index contributed by atoms with van der Waals surface area (Å²) in [5.74, 6) is -0.318. The zero-order valence-corrected chi connectivity index (χ0v) is 16.3. The molecule has 1 atom stereocenters. The van der Waals surface area contributed by atoms with E-state index in [1.165, 1.54) is 0 Å². The van der Waals surface area contributed by atoms with Crippen LogP contribution in [0, 0.1) is 0 Å². The number of carbonyl (C=O) groups excluding carboxylic acids is 1. The second-order valence-electron chi connectivity index (χ2n) is 5.99. The number of alkyl halides is 1. The van der Waals surface area contributed by atoms with Crippen molar-refractivity contribution >= 4 is 26.6 Å². The van der Waals surface area contributed by atoms with Crippen LogP contribution in [0.15, 0.2) is 91.0 Å². The predicted molar refractivity (Wildman–Crippen MR) is 106 cm³/mol. The molecule has 122 valence electrons. The number of Topliss-reactive ketones (excluding diaryl/α,β-unsaturated/α-hetero) is 1. The number of halogens is 1. The summed E-state index contributed by atoms with van der Waals surface area (Å²) in [7, 11) is 0.536. The third kappa shape index (κ3) is 3.43. The van der Waals surface area contributed by atoms with Crippen molar-refractivity contribution < 1.29 is 4.79 Å². The van der Waals surface area contributed by atoms with E-state index >= 15 is 0 Å². The van der Waals surface area contributed by atoms with E-state index in [9.17, 15) is 4.79 Å². The molecule has 0 aliphatic rings. The fraction of sp³-hybridized carbons (Fsp3) is 0.0952. The minimum absolute atomic E-state index is 0.0411. The quantitative estimate of drug-likeness (QED) is 0.474. The van der Waals surface area contributed by atoms with E-state index in [1.807, 2.05) is 91.0 Å². The Hall–Kier alpha value is -1.95. The summed E-state index contributed by atoms with van der Waals surface area (Å²) in [6, 6.07) is 29.4. The van der Waals surface area contributed by atoms with Gasteiger partial charge in [0, 0.05) is 0 Å². The molecule has 0 heterocycles. The van der Waals surface area contributed by atoms with Gasteiger partial charge < -0.3 is 0 Å². The summed E-state index contributed by atoms with van der Waals surface area (Å²) >= 11 is 6.82. The van der Waals surface area contributed by atoms with Crippen molar-refractivity contribution in [1.82, 2.24) is 0 Å². The Morgan fingerprint density at radius 3 is 1.54 bits per heavy atom. The summed E-state index contributed by atoms with van der Waals surface area (Å²) in [5, 5.41) is 0. The van der Waals surface area contributed by atoms with Crippen LogP contribution in [0.4, 0.5) is 0 Å². The molecule has 0 radical (unpaired) electrons. The third-order valence-electron chi connectivity index (χ3n) is 4.31. The van der Waals surface area contributed by atoms with Crippen LogP contribution >= 0.6 is 20.8 Å². The molecular formula is C21H20ClOP. The van der Waals surface area contributed by atoms with Crippen LogP contribution in [0.25, 0.3) is 0 Å². The van der Waals surface area contributed by atoms with Gasteiger partial charge in [-0.05, 0) is 0 Å². The number of rotatable bonds is 5. The summed E-state index contributed by atoms with van der Waals surface area (Å²) in [6.07, 6.45) is 0. The van der Waals surface area contributed by atoms with E-state index in [1.54, 1.807) is 0 Å². The van der Waals surface area contributed by atoms with E-state index in [0.29, 0.717) is 9.24 Å². The number of hydrogen-bond donors (Lipinski definition) is 0. The molecule has 1 unspecified atom stereocenters. The second-order valence-corrected chi connectivity index (χ2v) is 8.88. The van der Waals surface area contributed by atoms with Gasteiger partial charge in [0.2, 0.25) is 0 Å². The Labute approximate surface area is 149 Å². The first-order chi connectivity index (χ1) is 11.6. The Kier molecular flexibility index (Phi) is 5.14.